The Labute approximate surface area is 94.8 Å². The van der Waals surface area contributed by atoms with Gasteiger partial charge in [0.25, 0.3) is 0 Å². The number of fused-ring (bicyclic) bond motifs is 1. The quantitative estimate of drug-likeness (QED) is 0.687. The minimum Gasteiger partial charge on any atom is -0.373 e. The molecule has 0 aromatic heterocycles. The van der Waals surface area contributed by atoms with Crippen molar-refractivity contribution in [2.45, 2.75) is 51.4 Å². The van der Waals surface area contributed by atoms with Gasteiger partial charge in [-0.3, -0.25) is 9.59 Å². The zero-order valence-electron chi connectivity index (χ0n) is 9.64. The predicted octanol–water partition coefficient (Wildman–Crippen LogP) is -0.160. The molecule has 2 N–H and O–H groups in total. The Bertz CT molecular complexity index is 318. The van der Waals surface area contributed by atoms with Crippen LogP contribution in [0.15, 0.2) is 0 Å². The van der Waals surface area contributed by atoms with E-state index < -0.39 is 18.3 Å². The molecule has 4 atom stereocenters. The van der Waals surface area contributed by atoms with Crippen molar-refractivity contribution in [3.63, 3.8) is 0 Å². The van der Waals surface area contributed by atoms with Gasteiger partial charge in [-0.2, -0.15) is 0 Å². The maximum atomic E-state index is 12.1. The van der Waals surface area contributed by atoms with Crippen LogP contribution < -0.4 is 5.32 Å². The fourth-order valence-electron chi connectivity index (χ4n) is 2.44. The van der Waals surface area contributed by atoms with Crippen LogP contribution in [0.4, 0.5) is 0 Å². The highest BCUT2D eigenvalue weighted by Gasteiger charge is 2.48. The van der Waals surface area contributed by atoms with E-state index >= 15 is 0 Å². The van der Waals surface area contributed by atoms with Gasteiger partial charge in [0, 0.05) is 0 Å². The number of aliphatic hydroxyl groups is 1. The first kappa shape index (κ1) is 11.4. The molecule has 0 spiro atoms. The van der Waals surface area contributed by atoms with Gasteiger partial charge in [-0.05, 0) is 18.8 Å². The first-order chi connectivity index (χ1) is 7.56. The number of nitrogens with one attached hydrogen (secondary N) is 1. The molecular weight excluding hydrogens is 208 g/mol. The fraction of sp³-hybridized carbons (Fsp3) is 0.818. The zero-order valence-corrected chi connectivity index (χ0v) is 9.64. The molecule has 2 rings (SSSR count). The van der Waals surface area contributed by atoms with Crippen LogP contribution in [-0.2, 0) is 9.59 Å². The van der Waals surface area contributed by atoms with Crippen molar-refractivity contribution in [3.05, 3.63) is 0 Å². The second kappa shape index (κ2) is 4.05. The number of aliphatic hydroxyl groups excluding tert-OH is 1. The number of hydrogen-bond acceptors (Lipinski definition) is 3. The summed E-state index contributed by atoms with van der Waals surface area (Å²) in [7, 11) is 0. The van der Waals surface area contributed by atoms with Crippen LogP contribution in [-0.4, -0.2) is 40.1 Å². The van der Waals surface area contributed by atoms with E-state index in [2.05, 4.69) is 5.32 Å². The highest BCUT2D eigenvalue weighted by Crippen LogP contribution is 2.28. The van der Waals surface area contributed by atoms with E-state index in [1.165, 1.54) is 4.90 Å². The minimum atomic E-state index is -0.782. The molecule has 0 aliphatic carbocycles. The Morgan fingerprint density at radius 1 is 1.50 bits per heavy atom. The van der Waals surface area contributed by atoms with Crippen LogP contribution in [0.2, 0.25) is 0 Å². The molecule has 2 heterocycles. The first-order valence-corrected chi connectivity index (χ1v) is 5.87. The highest BCUT2D eigenvalue weighted by molar-refractivity contribution is 5.97. The van der Waals surface area contributed by atoms with E-state index in [4.69, 9.17) is 0 Å². The Morgan fingerprint density at radius 3 is 2.81 bits per heavy atom. The van der Waals surface area contributed by atoms with Crippen molar-refractivity contribution < 1.29 is 14.7 Å². The van der Waals surface area contributed by atoms with Crippen LogP contribution in [0, 0.1) is 5.92 Å². The third-order valence-corrected chi connectivity index (χ3v) is 3.69. The van der Waals surface area contributed by atoms with Gasteiger partial charge >= 0.3 is 0 Å². The molecule has 0 saturated carbocycles. The Morgan fingerprint density at radius 2 is 2.19 bits per heavy atom. The third-order valence-electron chi connectivity index (χ3n) is 3.69. The van der Waals surface area contributed by atoms with Crippen LogP contribution in [0.1, 0.15) is 33.1 Å². The van der Waals surface area contributed by atoms with Crippen LogP contribution in [0.5, 0.6) is 0 Å². The minimum absolute atomic E-state index is 0.102. The number of rotatable bonds is 2. The normalized spacial score (nSPS) is 35.9. The molecule has 2 aliphatic rings. The van der Waals surface area contributed by atoms with Crippen LogP contribution in [0.3, 0.4) is 0 Å². The van der Waals surface area contributed by atoms with Crippen molar-refractivity contribution in [1.29, 1.82) is 0 Å². The number of amides is 2. The van der Waals surface area contributed by atoms with Gasteiger partial charge in [-0.25, -0.2) is 0 Å². The Kier molecular flexibility index (Phi) is 2.88. The van der Waals surface area contributed by atoms with Crippen molar-refractivity contribution in [2.75, 3.05) is 0 Å². The highest BCUT2D eigenvalue weighted by atomic mass is 16.3. The summed E-state index contributed by atoms with van der Waals surface area (Å²) in [6, 6.07) is -0.927. The molecule has 0 aromatic rings. The molecule has 2 saturated heterocycles. The van der Waals surface area contributed by atoms with Crippen molar-refractivity contribution in [3.8, 4) is 0 Å². The van der Waals surface area contributed by atoms with Crippen LogP contribution >= 0.6 is 0 Å². The summed E-state index contributed by atoms with van der Waals surface area (Å²) in [6.07, 6.45) is 1.10. The average molecular weight is 226 g/mol. The maximum Gasteiger partial charge on any atom is 0.248 e. The summed E-state index contributed by atoms with van der Waals surface area (Å²) >= 11 is 0. The molecule has 2 fully saturated rings. The third kappa shape index (κ3) is 1.59. The van der Waals surface area contributed by atoms with Gasteiger partial charge in [-0.15, -0.1) is 0 Å². The zero-order chi connectivity index (χ0) is 11.9. The van der Waals surface area contributed by atoms with Crippen molar-refractivity contribution in [2.24, 2.45) is 5.92 Å². The molecule has 0 bridgehead atoms. The van der Waals surface area contributed by atoms with Crippen LogP contribution in [0.25, 0.3) is 0 Å². The Hall–Kier alpha value is -1.10. The molecule has 5 heteroatoms. The molecular formula is C11H18N2O3. The topological polar surface area (TPSA) is 69.6 Å². The van der Waals surface area contributed by atoms with Gasteiger partial charge in [0.05, 0.1) is 0 Å². The SMILES string of the molecule is CCC(C)[C@@H]1NC(=O)[C@@H]2CCC(O)N2C1=O. The molecule has 0 aromatic carbocycles. The van der Waals surface area contributed by atoms with E-state index in [-0.39, 0.29) is 17.7 Å². The molecule has 2 amide bonds. The largest absolute Gasteiger partial charge is 0.373 e. The summed E-state index contributed by atoms with van der Waals surface area (Å²) in [6.45, 7) is 3.92. The van der Waals surface area contributed by atoms with Gasteiger partial charge in [-0.1, -0.05) is 20.3 Å². The summed E-state index contributed by atoms with van der Waals surface area (Å²) in [5, 5.41) is 12.5. The molecule has 2 unspecified atom stereocenters. The standard InChI is InChI=1S/C11H18N2O3/c1-3-6(2)9-11(16)13-7(10(15)12-9)4-5-8(13)14/h6-9,14H,3-5H2,1-2H3,(H,12,15)/t6?,7-,8?,9-/m0/s1. The van der Waals surface area contributed by atoms with E-state index in [1.807, 2.05) is 13.8 Å². The number of carbonyl (C=O) groups is 2. The molecule has 2 aliphatic heterocycles. The molecule has 16 heavy (non-hydrogen) atoms. The second-order valence-electron chi connectivity index (χ2n) is 4.69. The van der Waals surface area contributed by atoms with Gasteiger partial charge < -0.3 is 15.3 Å². The van der Waals surface area contributed by atoms with Gasteiger partial charge in [0.15, 0.2) is 0 Å². The smallest absolute Gasteiger partial charge is 0.248 e. The monoisotopic (exact) mass is 226 g/mol. The lowest BCUT2D eigenvalue weighted by atomic mass is 9.95. The molecule has 90 valence electrons. The summed E-state index contributed by atoms with van der Waals surface area (Å²) in [5.74, 6) is -0.157. The number of carbonyl (C=O) groups excluding carboxylic acids is 2. The van der Waals surface area contributed by atoms with E-state index in [0.717, 1.165) is 6.42 Å². The number of hydrogen-bond donors (Lipinski definition) is 2. The van der Waals surface area contributed by atoms with Gasteiger partial charge in [0.2, 0.25) is 11.8 Å². The summed E-state index contributed by atoms with van der Waals surface area (Å²) in [5.41, 5.74) is 0. The van der Waals surface area contributed by atoms with E-state index in [9.17, 15) is 14.7 Å². The lowest BCUT2D eigenvalue weighted by Crippen LogP contribution is -2.64. The first-order valence-electron chi connectivity index (χ1n) is 5.87. The van der Waals surface area contributed by atoms with Crippen molar-refractivity contribution in [1.82, 2.24) is 10.2 Å². The lowest BCUT2D eigenvalue weighted by Gasteiger charge is -2.38. The number of piperazine rings is 1. The average Bonchev–Trinajstić information content (AvgIpc) is 2.65. The second-order valence-corrected chi connectivity index (χ2v) is 4.69. The lowest BCUT2D eigenvalue weighted by molar-refractivity contribution is -0.156. The summed E-state index contributed by atoms with van der Waals surface area (Å²) < 4.78 is 0. The predicted molar refractivity (Wildman–Crippen MR) is 57.3 cm³/mol. The van der Waals surface area contributed by atoms with E-state index in [0.29, 0.717) is 12.8 Å². The summed E-state index contributed by atoms with van der Waals surface area (Å²) in [4.78, 5) is 25.3. The Balaban J connectivity index is 2.22. The molecule has 0 radical (unpaired) electrons. The van der Waals surface area contributed by atoms with Crippen molar-refractivity contribution >= 4 is 11.8 Å². The molecule has 5 nitrogen and oxygen atoms in total. The van der Waals surface area contributed by atoms with Gasteiger partial charge in [0.1, 0.15) is 18.3 Å². The fourth-order valence-corrected chi connectivity index (χ4v) is 2.44. The maximum absolute atomic E-state index is 12.1. The van der Waals surface area contributed by atoms with E-state index in [1.54, 1.807) is 0 Å². The number of nitrogens with zero attached hydrogens (tertiary/aromatic N) is 1.